The Labute approximate surface area is 81.0 Å². The van der Waals surface area contributed by atoms with Crippen LogP contribution in [0.3, 0.4) is 0 Å². The number of benzene rings is 1. The molecule has 0 heterocycles. The molecule has 0 nitrogen and oxygen atoms in total. The molecule has 0 radical (unpaired) electrons. The minimum atomic E-state index is -2.36. The third-order valence-corrected chi connectivity index (χ3v) is 0.996. The van der Waals surface area contributed by atoms with Crippen molar-refractivity contribution in [3.63, 3.8) is 0 Å². The number of hydrogen-bond acceptors (Lipinski definition) is 0. The maximum absolute atomic E-state index is 11.8. The predicted octanol–water partition coefficient (Wildman–Crippen LogP) is 3.27. The molecule has 0 saturated heterocycles. The third kappa shape index (κ3) is 4.59. The van der Waals surface area contributed by atoms with Crippen LogP contribution in [0.2, 0.25) is 0 Å². The molecule has 0 atom stereocenters. The van der Waals surface area contributed by atoms with Crippen LogP contribution in [0.4, 0.5) is 8.78 Å². The number of hydrogen-bond donors (Lipinski definition) is 0. The monoisotopic (exact) mass is 270 g/mol. The molecular formula is C7H5BrF2Zn. The van der Waals surface area contributed by atoms with Gasteiger partial charge < -0.3 is 0 Å². The molecule has 0 bridgehead atoms. The van der Waals surface area contributed by atoms with E-state index >= 15 is 0 Å². The molecule has 56 valence electrons. The molecule has 0 amide bonds. The van der Waals surface area contributed by atoms with Crippen molar-refractivity contribution in [1.29, 1.82) is 0 Å². The minimum absolute atomic E-state index is 0.0498. The van der Waals surface area contributed by atoms with Gasteiger partial charge in [0.15, 0.2) is 0 Å². The van der Waals surface area contributed by atoms with Gasteiger partial charge in [0.1, 0.15) is 0 Å². The fourth-order valence-electron chi connectivity index (χ4n) is 0.545. The van der Waals surface area contributed by atoms with E-state index in [1.807, 2.05) is 0 Å². The van der Waals surface area contributed by atoms with Gasteiger partial charge in [-0.25, -0.2) is 8.78 Å². The summed E-state index contributed by atoms with van der Waals surface area (Å²) in [6.45, 7) is 0. The van der Waals surface area contributed by atoms with Crippen LogP contribution in [0.5, 0.6) is 0 Å². The summed E-state index contributed by atoms with van der Waals surface area (Å²) in [6, 6.07) is 8.31. The first-order chi connectivity index (χ1) is 5.30. The standard InChI is InChI=1S/C7H5F2.BrH.Zn/c8-7(9)6-4-2-1-3-5-6;;/h2-5,7H;1H;/q-1;;+2/p-1. The summed E-state index contributed by atoms with van der Waals surface area (Å²) < 4.78 is 23.5. The summed E-state index contributed by atoms with van der Waals surface area (Å²) in [5.74, 6) is 0. The van der Waals surface area contributed by atoms with Crippen molar-refractivity contribution in [3.05, 3.63) is 35.9 Å². The van der Waals surface area contributed by atoms with E-state index in [1.165, 1.54) is 40.6 Å². The molecule has 0 aliphatic heterocycles. The molecular weight excluding hydrogens is 267 g/mol. The van der Waals surface area contributed by atoms with Crippen molar-refractivity contribution < 1.29 is 25.1 Å². The average molecular weight is 272 g/mol. The molecule has 0 saturated carbocycles. The van der Waals surface area contributed by atoms with Gasteiger partial charge in [0.2, 0.25) is 6.43 Å². The predicted molar refractivity (Wildman–Crippen MR) is 39.2 cm³/mol. The Kier molecular flexibility index (Phi) is 6.98. The summed E-state index contributed by atoms with van der Waals surface area (Å²) in [5, 5.41) is 0. The average Bonchev–Trinajstić information content (AvgIpc) is 2.10. The van der Waals surface area contributed by atoms with Gasteiger partial charge in [-0.05, 0) is 0 Å². The molecule has 11 heavy (non-hydrogen) atoms. The molecule has 0 unspecified atom stereocenters. The molecule has 4 heteroatoms. The summed E-state index contributed by atoms with van der Waals surface area (Å²) in [5.41, 5.74) is 0.0498. The van der Waals surface area contributed by atoms with Gasteiger partial charge in [0.05, 0.1) is 0 Å². The van der Waals surface area contributed by atoms with Crippen LogP contribution < -0.4 is 0 Å². The molecule has 0 aromatic heterocycles. The third-order valence-electron chi connectivity index (χ3n) is 0.996. The quantitative estimate of drug-likeness (QED) is 0.544. The van der Waals surface area contributed by atoms with Gasteiger partial charge in [-0.15, -0.1) is 0 Å². The summed E-state index contributed by atoms with van der Waals surface area (Å²) in [4.78, 5) is 0. The van der Waals surface area contributed by atoms with Crippen molar-refractivity contribution in [2.45, 2.75) is 6.43 Å². The van der Waals surface area contributed by atoms with E-state index in [4.69, 9.17) is 0 Å². The second-order valence-electron chi connectivity index (χ2n) is 1.63. The van der Waals surface area contributed by atoms with Crippen LogP contribution >= 0.6 is 13.6 Å². The maximum atomic E-state index is 11.8. The van der Waals surface area contributed by atoms with Gasteiger partial charge >= 0.3 is 30.0 Å². The molecule has 1 aromatic carbocycles. The SMILES string of the molecule is FC(F)c1cc[c-]cc1.[Zn+][Br]. The molecule has 0 fully saturated rings. The Morgan fingerprint density at radius 1 is 1.27 bits per heavy atom. The van der Waals surface area contributed by atoms with Gasteiger partial charge in [-0.1, -0.05) is 5.56 Å². The van der Waals surface area contributed by atoms with Crippen molar-refractivity contribution in [2.75, 3.05) is 0 Å². The Morgan fingerprint density at radius 3 is 2.00 bits per heavy atom. The normalized spacial score (nSPS) is 8.91. The number of alkyl halides is 2. The van der Waals surface area contributed by atoms with Gasteiger partial charge in [-0.2, -0.15) is 30.3 Å². The Balaban J connectivity index is 0.000000461. The van der Waals surface area contributed by atoms with Gasteiger partial charge in [0.25, 0.3) is 0 Å². The van der Waals surface area contributed by atoms with E-state index in [0.717, 1.165) is 0 Å². The van der Waals surface area contributed by atoms with Crippen LogP contribution in [0.15, 0.2) is 24.3 Å². The van der Waals surface area contributed by atoms with Crippen LogP contribution in [0.1, 0.15) is 12.0 Å². The zero-order valence-electron chi connectivity index (χ0n) is 5.73. The molecule has 0 N–H and O–H groups in total. The van der Waals surface area contributed by atoms with Gasteiger partial charge in [0, 0.05) is 0 Å². The second-order valence-corrected chi connectivity index (χ2v) is 1.63. The summed E-state index contributed by atoms with van der Waals surface area (Å²) in [6.07, 6.45) is -2.36. The van der Waals surface area contributed by atoms with Crippen LogP contribution in [0, 0.1) is 6.07 Å². The summed E-state index contributed by atoms with van der Waals surface area (Å²) >= 11 is 4.25. The van der Waals surface area contributed by atoms with Crippen molar-refractivity contribution in [1.82, 2.24) is 0 Å². The number of halogens is 3. The molecule has 0 spiro atoms. The Morgan fingerprint density at radius 2 is 1.73 bits per heavy atom. The van der Waals surface area contributed by atoms with E-state index in [1.54, 1.807) is 0 Å². The molecule has 0 aliphatic carbocycles. The zero-order valence-corrected chi connectivity index (χ0v) is 10.3. The Bertz CT molecular complexity index is 179. The molecule has 1 aromatic rings. The van der Waals surface area contributed by atoms with Crippen molar-refractivity contribution >= 4 is 13.6 Å². The van der Waals surface area contributed by atoms with Crippen LogP contribution in [0.25, 0.3) is 0 Å². The van der Waals surface area contributed by atoms with E-state index in [0.29, 0.717) is 0 Å². The molecule has 0 aliphatic rings. The first kappa shape index (κ1) is 11.2. The first-order valence-electron chi connectivity index (χ1n) is 2.81. The number of rotatable bonds is 1. The van der Waals surface area contributed by atoms with Gasteiger partial charge in [-0.3, -0.25) is 0 Å². The zero-order chi connectivity index (χ0) is 8.69. The fraction of sp³-hybridized carbons (Fsp3) is 0.143. The van der Waals surface area contributed by atoms with Crippen LogP contribution in [-0.2, 0) is 16.3 Å². The first-order valence-corrected chi connectivity index (χ1v) is 9.76. The second kappa shape index (κ2) is 6.87. The summed E-state index contributed by atoms with van der Waals surface area (Å²) in [7, 11) is 0. The van der Waals surface area contributed by atoms with E-state index in [2.05, 4.69) is 19.7 Å². The topological polar surface area (TPSA) is 0 Å². The Hall–Kier alpha value is 0.183. The van der Waals surface area contributed by atoms with E-state index in [9.17, 15) is 8.78 Å². The molecule has 1 rings (SSSR count). The van der Waals surface area contributed by atoms with Crippen LogP contribution in [-0.4, -0.2) is 0 Å². The van der Waals surface area contributed by atoms with Crippen molar-refractivity contribution in [3.8, 4) is 0 Å². The van der Waals surface area contributed by atoms with E-state index in [-0.39, 0.29) is 5.56 Å². The van der Waals surface area contributed by atoms with E-state index < -0.39 is 6.43 Å². The van der Waals surface area contributed by atoms with Crippen molar-refractivity contribution in [2.24, 2.45) is 0 Å². The fourth-order valence-corrected chi connectivity index (χ4v) is 0.545.